The second-order valence-electron chi connectivity index (χ2n) is 4.90. The molecule has 102 valence electrons. The Morgan fingerprint density at radius 1 is 1.14 bits per heavy atom. The maximum atomic E-state index is 8.95. The number of halogens is 1. The van der Waals surface area contributed by atoms with Crippen molar-refractivity contribution in [2.45, 2.75) is 6.92 Å². The van der Waals surface area contributed by atoms with E-state index in [2.05, 4.69) is 35.0 Å². The lowest BCUT2D eigenvalue weighted by molar-refractivity contribution is 1.35. The van der Waals surface area contributed by atoms with E-state index in [1.54, 1.807) is 12.1 Å². The van der Waals surface area contributed by atoms with E-state index in [1.807, 2.05) is 24.3 Å². The summed E-state index contributed by atoms with van der Waals surface area (Å²) >= 11 is 3.47. The molecule has 4 heteroatoms. The summed E-state index contributed by atoms with van der Waals surface area (Å²) in [5.41, 5.74) is 10.7. The quantitative estimate of drug-likeness (QED) is 0.668. The van der Waals surface area contributed by atoms with Crippen molar-refractivity contribution < 1.29 is 0 Å². The lowest BCUT2D eigenvalue weighted by Crippen LogP contribution is -1.93. The number of nitrogens with two attached hydrogens (primary N) is 1. The third-order valence-electron chi connectivity index (χ3n) is 3.45. The smallest absolute Gasteiger partial charge is 0.101 e. The topological polar surface area (TPSA) is 62.7 Å². The van der Waals surface area contributed by atoms with Crippen LogP contribution in [-0.4, -0.2) is 4.98 Å². The number of aromatic nitrogens is 1. The molecular formula is C17H12BrN3. The Morgan fingerprint density at radius 2 is 1.95 bits per heavy atom. The van der Waals surface area contributed by atoms with Crippen molar-refractivity contribution in [3.63, 3.8) is 0 Å². The number of nitrogen functional groups attached to an aromatic ring is 1. The van der Waals surface area contributed by atoms with Gasteiger partial charge in [-0.25, -0.2) is 4.98 Å². The third-order valence-corrected chi connectivity index (χ3v) is 3.94. The molecule has 0 bridgehead atoms. The van der Waals surface area contributed by atoms with E-state index in [9.17, 15) is 0 Å². The fraction of sp³-hybridized carbons (Fsp3) is 0.0588. The number of pyridine rings is 1. The summed E-state index contributed by atoms with van der Waals surface area (Å²) in [6.07, 6.45) is 0. The molecule has 0 spiro atoms. The molecular weight excluding hydrogens is 326 g/mol. The molecule has 0 aliphatic rings. The summed E-state index contributed by atoms with van der Waals surface area (Å²) in [7, 11) is 0. The highest BCUT2D eigenvalue weighted by Crippen LogP contribution is 2.28. The average molecular weight is 338 g/mol. The SMILES string of the molecule is Cc1cc(-c2ccc(C#N)c(N)c2)nc2cc(Br)ccc12. The predicted molar refractivity (Wildman–Crippen MR) is 88.7 cm³/mol. The van der Waals surface area contributed by atoms with Crippen molar-refractivity contribution in [1.29, 1.82) is 5.26 Å². The molecule has 0 unspecified atom stereocenters. The molecule has 2 aromatic carbocycles. The van der Waals surface area contributed by atoms with Crippen LogP contribution in [0.2, 0.25) is 0 Å². The fourth-order valence-corrected chi connectivity index (χ4v) is 2.70. The first-order valence-corrected chi connectivity index (χ1v) is 7.24. The van der Waals surface area contributed by atoms with Gasteiger partial charge in [-0.1, -0.05) is 28.1 Å². The monoisotopic (exact) mass is 337 g/mol. The number of benzene rings is 2. The van der Waals surface area contributed by atoms with Gasteiger partial charge in [-0.3, -0.25) is 0 Å². The molecule has 0 aliphatic heterocycles. The summed E-state index contributed by atoms with van der Waals surface area (Å²) in [4.78, 5) is 4.70. The zero-order valence-corrected chi connectivity index (χ0v) is 13.0. The van der Waals surface area contributed by atoms with Gasteiger partial charge in [0.25, 0.3) is 0 Å². The number of hydrogen-bond acceptors (Lipinski definition) is 3. The van der Waals surface area contributed by atoms with Gasteiger partial charge in [0.1, 0.15) is 6.07 Å². The first-order chi connectivity index (χ1) is 10.1. The Morgan fingerprint density at radius 3 is 2.67 bits per heavy atom. The van der Waals surface area contributed by atoms with Gasteiger partial charge in [-0.2, -0.15) is 5.26 Å². The Labute approximate surface area is 131 Å². The van der Waals surface area contributed by atoms with Gasteiger partial charge >= 0.3 is 0 Å². The van der Waals surface area contributed by atoms with E-state index < -0.39 is 0 Å². The molecule has 2 N–H and O–H groups in total. The van der Waals surface area contributed by atoms with Gasteiger partial charge < -0.3 is 5.73 Å². The molecule has 0 saturated heterocycles. The molecule has 0 saturated carbocycles. The van der Waals surface area contributed by atoms with Crippen LogP contribution in [0.1, 0.15) is 11.1 Å². The zero-order valence-electron chi connectivity index (χ0n) is 11.4. The van der Waals surface area contributed by atoms with Crippen LogP contribution in [0.4, 0.5) is 5.69 Å². The lowest BCUT2D eigenvalue weighted by Gasteiger charge is -2.08. The highest BCUT2D eigenvalue weighted by molar-refractivity contribution is 9.10. The Bertz CT molecular complexity index is 894. The van der Waals surface area contributed by atoms with Crippen molar-refractivity contribution in [1.82, 2.24) is 4.98 Å². The standard InChI is InChI=1S/C17H12BrN3/c1-10-6-16(11-2-3-12(9-19)15(20)7-11)21-17-8-13(18)4-5-14(10)17/h2-8H,20H2,1H3. The summed E-state index contributed by atoms with van der Waals surface area (Å²) in [6, 6.07) is 15.6. The molecule has 0 amide bonds. The van der Waals surface area contributed by atoms with Crippen molar-refractivity contribution in [2.75, 3.05) is 5.73 Å². The highest BCUT2D eigenvalue weighted by Gasteiger charge is 2.07. The summed E-state index contributed by atoms with van der Waals surface area (Å²) in [5.74, 6) is 0. The van der Waals surface area contributed by atoms with Gasteiger partial charge in [0.05, 0.1) is 22.5 Å². The minimum atomic E-state index is 0.476. The lowest BCUT2D eigenvalue weighted by atomic mass is 10.0. The van der Waals surface area contributed by atoms with Crippen molar-refractivity contribution in [2.24, 2.45) is 0 Å². The van der Waals surface area contributed by atoms with Crippen LogP contribution in [0.5, 0.6) is 0 Å². The van der Waals surface area contributed by atoms with Crippen LogP contribution in [0, 0.1) is 18.3 Å². The number of rotatable bonds is 1. The maximum Gasteiger partial charge on any atom is 0.101 e. The number of nitrogens with zero attached hydrogens (tertiary/aromatic N) is 2. The van der Waals surface area contributed by atoms with Crippen LogP contribution in [0.25, 0.3) is 22.2 Å². The summed E-state index contributed by atoms with van der Waals surface area (Å²) < 4.78 is 0.999. The first-order valence-electron chi connectivity index (χ1n) is 6.45. The van der Waals surface area contributed by atoms with Gasteiger partial charge in [0, 0.05) is 15.4 Å². The minimum absolute atomic E-state index is 0.476. The molecule has 3 aromatic rings. The van der Waals surface area contributed by atoms with Crippen molar-refractivity contribution >= 4 is 32.5 Å². The van der Waals surface area contributed by atoms with E-state index in [1.165, 1.54) is 0 Å². The van der Waals surface area contributed by atoms with E-state index in [4.69, 9.17) is 16.0 Å². The molecule has 0 fully saturated rings. The molecule has 0 atom stereocenters. The van der Waals surface area contributed by atoms with E-state index in [0.29, 0.717) is 11.3 Å². The first kappa shape index (κ1) is 13.6. The van der Waals surface area contributed by atoms with Gasteiger partial charge in [0.15, 0.2) is 0 Å². The Balaban J connectivity index is 2.21. The third kappa shape index (κ3) is 2.48. The molecule has 0 radical (unpaired) electrons. The second-order valence-corrected chi connectivity index (χ2v) is 5.82. The second kappa shape index (κ2) is 5.19. The number of fused-ring (bicyclic) bond motifs is 1. The minimum Gasteiger partial charge on any atom is -0.398 e. The summed E-state index contributed by atoms with van der Waals surface area (Å²) in [6.45, 7) is 2.06. The summed E-state index contributed by atoms with van der Waals surface area (Å²) in [5, 5.41) is 10.1. The Kier molecular flexibility index (Phi) is 3.36. The number of anilines is 1. The largest absolute Gasteiger partial charge is 0.398 e. The molecule has 21 heavy (non-hydrogen) atoms. The van der Waals surface area contributed by atoms with Gasteiger partial charge in [0.2, 0.25) is 0 Å². The molecule has 1 aromatic heterocycles. The van der Waals surface area contributed by atoms with Crippen LogP contribution in [0.3, 0.4) is 0 Å². The fourth-order valence-electron chi connectivity index (χ4n) is 2.35. The normalized spacial score (nSPS) is 10.5. The highest BCUT2D eigenvalue weighted by atomic mass is 79.9. The van der Waals surface area contributed by atoms with Crippen molar-refractivity contribution in [3.8, 4) is 17.3 Å². The van der Waals surface area contributed by atoms with Gasteiger partial charge in [-0.15, -0.1) is 0 Å². The zero-order chi connectivity index (χ0) is 15.0. The van der Waals surface area contributed by atoms with E-state index in [0.717, 1.165) is 32.2 Å². The molecule has 3 nitrogen and oxygen atoms in total. The molecule has 3 rings (SSSR count). The number of hydrogen-bond donors (Lipinski definition) is 1. The average Bonchev–Trinajstić information content (AvgIpc) is 2.46. The number of aryl methyl sites for hydroxylation is 1. The maximum absolute atomic E-state index is 8.95. The van der Waals surface area contributed by atoms with Gasteiger partial charge in [-0.05, 0) is 42.8 Å². The Hall–Kier alpha value is -2.38. The predicted octanol–water partition coefficient (Wildman–Crippen LogP) is 4.43. The van der Waals surface area contributed by atoms with Crippen LogP contribution >= 0.6 is 15.9 Å². The van der Waals surface area contributed by atoms with Crippen LogP contribution in [0.15, 0.2) is 46.9 Å². The van der Waals surface area contributed by atoms with E-state index >= 15 is 0 Å². The van der Waals surface area contributed by atoms with Crippen molar-refractivity contribution in [3.05, 3.63) is 58.1 Å². The van der Waals surface area contributed by atoms with Crippen LogP contribution in [-0.2, 0) is 0 Å². The number of nitriles is 1. The molecule has 0 aliphatic carbocycles. The molecule has 1 heterocycles. The van der Waals surface area contributed by atoms with Crippen LogP contribution < -0.4 is 5.73 Å². The van der Waals surface area contributed by atoms with E-state index in [-0.39, 0.29) is 0 Å².